The van der Waals surface area contributed by atoms with Gasteiger partial charge in [0.15, 0.2) is 0 Å². The standard InChI is InChI=1S/C23H31N/c1-6-11-20(2)14-9-15-21(3)12-7-8-13-22(4)16-10-17-23(5)18-19-24/h6-17,19,24H,18H2,1-5H3/b8-7-,11-6?,15-9+,16-10+,20-14+,21-12+,22-13+,23-17+,24-19?. The Hall–Kier alpha value is -2.41. The fourth-order valence-corrected chi connectivity index (χ4v) is 1.79. The third-order valence-corrected chi connectivity index (χ3v) is 3.14. The molecule has 1 N–H and O–H groups in total. The number of allylic oxidation sites excluding steroid dienone is 16. The maximum Gasteiger partial charge on any atom is 0.00305 e. The normalized spacial score (nSPS) is 15.5. The minimum Gasteiger partial charge on any atom is -0.313 e. The molecule has 128 valence electrons. The predicted molar refractivity (Wildman–Crippen MR) is 111 cm³/mol. The molecule has 0 saturated carbocycles. The highest BCUT2D eigenvalue weighted by Gasteiger charge is 1.83. The zero-order chi connectivity index (χ0) is 18.2. The Labute approximate surface area is 148 Å². The number of nitrogens with one attached hydrogen (secondary N) is 1. The Kier molecular flexibility index (Phi) is 12.8. The van der Waals surface area contributed by atoms with Crippen molar-refractivity contribution in [1.82, 2.24) is 0 Å². The van der Waals surface area contributed by atoms with Crippen LogP contribution in [-0.2, 0) is 0 Å². The summed E-state index contributed by atoms with van der Waals surface area (Å²) in [6, 6.07) is 0. The van der Waals surface area contributed by atoms with Gasteiger partial charge in [0.1, 0.15) is 0 Å². The first-order chi connectivity index (χ1) is 11.5. The van der Waals surface area contributed by atoms with Crippen molar-refractivity contribution < 1.29 is 0 Å². The summed E-state index contributed by atoms with van der Waals surface area (Å²) in [5, 5.41) is 7.05. The first-order valence-corrected chi connectivity index (χ1v) is 8.32. The van der Waals surface area contributed by atoms with Gasteiger partial charge in [-0.15, -0.1) is 0 Å². The third-order valence-electron chi connectivity index (χ3n) is 3.14. The third kappa shape index (κ3) is 13.3. The molecule has 24 heavy (non-hydrogen) atoms. The summed E-state index contributed by atoms with van der Waals surface area (Å²) >= 11 is 0. The average molecular weight is 322 g/mol. The van der Waals surface area contributed by atoms with E-state index in [4.69, 9.17) is 5.41 Å². The van der Waals surface area contributed by atoms with Crippen LogP contribution in [0.2, 0.25) is 0 Å². The van der Waals surface area contributed by atoms with E-state index < -0.39 is 0 Å². The fraction of sp³-hybridized carbons (Fsp3) is 0.261. The van der Waals surface area contributed by atoms with E-state index in [1.807, 2.05) is 38.2 Å². The van der Waals surface area contributed by atoms with Crippen LogP contribution in [0.15, 0.2) is 95.2 Å². The maximum atomic E-state index is 7.05. The molecule has 0 aromatic carbocycles. The molecule has 0 aliphatic carbocycles. The Morgan fingerprint density at radius 1 is 0.667 bits per heavy atom. The van der Waals surface area contributed by atoms with E-state index in [0.29, 0.717) is 6.42 Å². The van der Waals surface area contributed by atoms with Crippen molar-refractivity contribution in [2.24, 2.45) is 0 Å². The van der Waals surface area contributed by atoms with Crippen molar-refractivity contribution in [3.05, 3.63) is 95.2 Å². The van der Waals surface area contributed by atoms with Gasteiger partial charge in [0.25, 0.3) is 0 Å². The minimum atomic E-state index is 0.716. The van der Waals surface area contributed by atoms with Crippen molar-refractivity contribution in [2.75, 3.05) is 0 Å². The van der Waals surface area contributed by atoms with Gasteiger partial charge in [-0.3, -0.25) is 0 Å². The van der Waals surface area contributed by atoms with Gasteiger partial charge in [-0.2, -0.15) is 0 Å². The minimum absolute atomic E-state index is 0.716. The first-order valence-electron chi connectivity index (χ1n) is 8.32. The molecular formula is C23H31N. The first kappa shape index (κ1) is 21.6. The summed E-state index contributed by atoms with van der Waals surface area (Å²) in [5.74, 6) is 0. The Morgan fingerprint density at radius 3 is 1.62 bits per heavy atom. The highest BCUT2D eigenvalue weighted by atomic mass is 14.3. The Bertz CT molecular complexity index is 614. The van der Waals surface area contributed by atoms with E-state index in [0.717, 1.165) is 0 Å². The molecule has 1 heteroatoms. The molecule has 0 saturated heterocycles. The molecule has 0 spiro atoms. The van der Waals surface area contributed by atoms with Crippen molar-refractivity contribution in [3.63, 3.8) is 0 Å². The van der Waals surface area contributed by atoms with Crippen molar-refractivity contribution >= 4 is 6.21 Å². The monoisotopic (exact) mass is 321 g/mol. The van der Waals surface area contributed by atoms with Gasteiger partial charge in [0.2, 0.25) is 0 Å². The van der Waals surface area contributed by atoms with Gasteiger partial charge in [-0.05, 0) is 40.8 Å². The molecule has 0 bridgehead atoms. The van der Waals surface area contributed by atoms with E-state index in [1.54, 1.807) is 0 Å². The quantitative estimate of drug-likeness (QED) is 0.347. The molecule has 0 heterocycles. The summed E-state index contributed by atoms with van der Waals surface area (Å²) in [4.78, 5) is 0. The zero-order valence-corrected chi connectivity index (χ0v) is 15.7. The summed E-state index contributed by atoms with van der Waals surface area (Å²) in [7, 11) is 0. The van der Waals surface area contributed by atoms with Gasteiger partial charge in [-0.25, -0.2) is 0 Å². The summed E-state index contributed by atoms with van der Waals surface area (Å²) in [6.45, 7) is 10.3. The second kappa shape index (κ2) is 14.2. The second-order valence-corrected chi connectivity index (χ2v) is 5.76. The Morgan fingerprint density at radius 2 is 1.12 bits per heavy atom. The molecule has 0 radical (unpaired) electrons. The van der Waals surface area contributed by atoms with Crippen LogP contribution >= 0.6 is 0 Å². The molecule has 0 amide bonds. The average Bonchev–Trinajstić information content (AvgIpc) is 2.52. The summed E-state index contributed by atoms with van der Waals surface area (Å²) in [6.07, 6.45) is 27.0. The zero-order valence-electron chi connectivity index (χ0n) is 15.7. The van der Waals surface area contributed by atoms with Gasteiger partial charge in [-0.1, -0.05) is 95.2 Å². The van der Waals surface area contributed by atoms with Crippen LogP contribution < -0.4 is 0 Å². The molecule has 0 unspecified atom stereocenters. The highest BCUT2D eigenvalue weighted by molar-refractivity contribution is 5.57. The summed E-state index contributed by atoms with van der Waals surface area (Å²) < 4.78 is 0. The van der Waals surface area contributed by atoms with Crippen LogP contribution in [0.25, 0.3) is 0 Å². The van der Waals surface area contributed by atoms with Crippen molar-refractivity contribution in [1.29, 1.82) is 5.41 Å². The van der Waals surface area contributed by atoms with E-state index in [1.165, 1.54) is 28.5 Å². The second-order valence-electron chi connectivity index (χ2n) is 5.76. The lowest BCUT2D eigenvalue weighted by Crippen LogP contribution is -1.75. The lowest BCUT2D eigenvalue weighted by molar-refractivity contribution is 1.27. The van der Waals surface area contributed by atoms with Crippen LogP contribution in [-0.4, -0.2) is 6.21 Å². The van der Waals surface area contributed by atoms with Crippen LogP contribution in [0.5, 0.6) is 0 Å². The lowest BCUT2D eigenvalue weighted by atomic mass is 10.2. The van der Waals surface area contributed by atoms with Gasteiger partial charge < -0.3 is 5.41 Å². The molecule has 0 aromatic rings. The number of hydrogen-bond donors (Lipinski definition) is 1. The largest absolute Gasteiger partial charge is 0.313 e. The topological polar surface area (TPSA) is 23.9 Å². The van der Waals surface area contributed by atoms with Crippen LogP contribution in [0, 0.1) is 5.41 Å². The number of rotatable bonds is 9. The van der Waals surface area contributed by atoms with Crippen LogP contribution in [0.3, 0.4) is 0 Å². The van der Waals surface area contributed by atoms with E-state index in [9.17, 15) is 0 Å². The van der Waals surface area contributed by atoms with E-state index >= 15 is 0 Å². The van der Waals surface area contributed by atoms with Gasteiger partial charge in [0.05, 0.1) is 0 Å². The van der Waals surface area contributed by atoms with E-state index in [2.05, 4.69) is 69.4 Å². The fourth-order valence-electron chi connectivity index (χ4n) is 1.79. The molecule has 0 aliphatic rings. The lowest BCUT2D eigenvalue weighted by Gasteiger charge is -1.91. The molecule has 0 atom stereocenters. The molecule has 0 aromatic heterocycles. The van der Waals surface area contributed by atoms with E-state index in [-0.39, 0.29) is 0 Å². The van der Waals surface area contributed by atoms with Crippen LogP contribution in [0.1, 0.15) is 41.0 Å². The molecule has 0 aliphatic heterocycles. The molecule has 0 fully saturated rings. The molecular weight excluding hydrogens is 290 g/mol. The Balaban J connectivity index is 4.54. The predicted octanol–water partition coefficient (Wildman–Crippen LogP) is 7.06. The SMILES string of the molecule is CC=C/C(C)=C/C=C/C(C)=C/C=C\C=C(C)\C=C\C=C(/C)CC=N. The molecule has 1 nitrogen and oxygen atoms in total. The smallest absolute Gasteiger partial charge is 0.00305 e. The number of hydrogen-bond acceptors (Lipinski definition) is 1. The van der Waals surface area contributed by atoms with Crippen molar-refractivity contribution in [2.45, 2.75) is 41.0 Å². The van der Waals surface area contributed by atoms with Crippen molar-refractivity contribution in [3.8, 4) is 0 Å². The van der Waals surface area contributed by atoms with Crippen LogP contribution in [0.4, 0.5) is 0 Å². The highest BCUT2D eigenvalue weighted by Crippen LogP contribution is 2.02. The van der Waals surface area contributed by atoms with Gasteiger partial charge >= 0.3 is 0 Å². The maximum absolute atomic E-state index is 7.05. The van der Waals surface area contributed by atoms with Gasteiger partial charge in [0, 0.05) is 6.42 Å². The summed E-state index contributed by atoms with van der Waals surface area (Å²) in [5.41, 5.74) is 4.83. The molecule has 0 rings (SSSR count).